The summed E-state index contributed by atoms with van der Waals surface area (Å²) in [6.07, 6.45) is 4.74. The number of rotatable bonds is 8. The highest BCUT2D eigenvalue weighted by atomic mass is 35.5. The number of benzene rings is 2. The number of hydrogen-bond acceptors (Lipinski definition) is 5. The van der Waals surface area contributed by atoms with E-state index in [4.69, 9.17) is 21.3 Å². The number of ether oxygens (including phenoxy) is 1. The number of fused-ring (bicyclic) bond motifs is 1. The lowest BCUT2D eigenvalue weighted by Crippen LogP contribution is -2.48. The first-order valence-corrected chi connectivity index (χ1v) is 12.2. The van der Waals surface area contributed by atoms with Crippen molar-refractivity contribution in [1.29, 1.82) is 0 Å². The molecule has 0 radical (unpaired) electrons. The monoisotopic (exact) mass is 457 g/mol. The number of thiazole rings is 1. The highest BCUT2D eigenvalue weighted by Gasteiger charge is 2.24. The summed E-state index contributed by atoms with van der Waals surface area (Å²) in [4.78, 5) is 21.8. The van der Waals surface area contributed by atoms with E-state index >= 15 is 0 Å². The second kappa shape index (κ2) is 10.3. The van der Waals surface area contributed by atoms with Crippen molar-refractivity contribution in [2.75, 3.05) is 37.7 Å². The van der Waals surface area contributed by atoms with Crippen LogP contribution < -0.4 is 9.64 Å². The molecule has 0 spiro atoms. The Balaban J connectivity index is 1.29. The fourth-order valence-electron chi connectivity index (χ4n) is 3.72. The Morgan fingerprint density at radius 1 is 1.06 bits per heavy atom. The van der Waals surface area contributed by atoms with E-state index in [1.807, 2.05) is 47.4 Å². The van der Waals surface area contributed by atoms with E-state index in [2.05, 4.69) is 11.8 Å². The van der Waals surface area contributed by atoms with Crippen LogP contribution in [0.3, 0.4) is 0 Å². The van der Waals surface area contributed by atoms with Crippen molar-refractivity contribution in [3.8, 4) is 5.75 Å². The van der Waals surface area contributed by atoms with Crippen LogP contribution in [0.2, 0.25) is 5.02 Å². The van der Waals surface area contributed by atoms with E-state index in [1.165, 1.54) is 19.3 Å². The lowest BCUT2D eigenvalue weighted by molar-refractivity contribution is 0.0746. The summed E-state index contributed by atoms with van der Waals surface area (Å²) in [6, 6.07) is 13.3. The van der Waals surface area contributed by atoms with Gasteiger partial charge in [0.05, 0.1) is 16.8 Å². The largest absolute Gasteiger partial charge is 0.494 e. The summed E-state index contributed by atoms with van der Waals surface area (Å²) in [5.74, 6) is 0.902. The van der Waals surface area contributed by atoms with Crippen LogP contribution in [0, 0.1) is 0 Å². The molecule has 5 nitrogen and oxygen atoms in total. The van der Waals surface area contributed by atoms with Crippen LogP contribution in [-0.4, -0.2) is 48.6 Å². The fraction of sp³-hybridized carbons (Fsp3) is 0.417. The molecule has 1 aliphatic rings. The van der Waals surface area contributed by atoms with E-state index in [0.29, 0.717) is 18.7 Å². The first kappa shape index (κ1) is 21.9. The third-order valence-electron chi connectivity index (χ3n) is 5.54. The number of carbonyl (C=O) groups is 1. The number of anilines is 1. The number of piperazine rings is 1. The Bertz CT molecular complexity index is 1010. The zero-order chi connectivity index (χ0) is 21.6. The van der Waals surface area contributed by atoms with E-state index in [0.717, 1.165) is 52.2 Å². The molecule has 31 heavy (non-hydrogen) atoms. The molecule has 0 atom stereocenters. The maximum absolute atomic E-state index is 12.9. The first-order valence-electron chi connectivity index (χ1n) is 11.0. The van der Waals surface area contributed by atoms with Crippen LogP contribution in [0.4, 0.5) is 5.13 Å². The average molecular weight is 458 g/mol. The molecule has 0 unspecified atom stereocenters. The SMILES string of the molecule is CCCCCCOc1ccc(C(=O)N2CCN(c3nc4ccc(Cl)cc4s3)CC2)cc1. The molecule has 4 rings (SSSR count). The van der Waals surface area contributed by atoms with Crippen LogP contribution in [0.15, 0.2) is 42.5 Å². The molecule has 3 aromatic rings. The number of halogens is 1. The highest BCUT2D eigenvalue weighted by Crippen LogP contribution is 2.31. The van der Waals surface area contributed by atoms with Gasteiger partial charge >= 0.3 is 0 Å². The number of unbranched alkanes of at least 4 members (excludes halogenated alkanes) is 3. The summed E-state index contributed by atoms with van der Waals surface area (Å²) in [5, 5.41) is 1.72. The lowest BCUT2D eigenvalue weighted by atomic mass is 10.1. The smallest absolute Gasteiger partial charge is 0.253 e. The van der Waals surface area contributed by atoms with Crippen molar-refractivity contribution in [2.24, 2.45) is 0 Å². The zero-order valence-electron chi connectivity index (χ0n) is 17.8. The zero-order valence-corrected chi connectivity index (χ0v) is 19.4. The van der Waals surface area contributed by atoms with Crippen molar-refractivity contribution >= 4 is 44.2 Å². The van der Waals surface area contributed by atoms with E-state index in [9.17, 15) is 4.79 Å². The predicted molar refractivity (Wildman–Crippen MR) is 129 cm³/mol. The van der Waals surface area contributed by atoms with Gasteiger partial charge in [-0.1, -0.05) is 49.1 Å². The van der Waals surface area contributed by atoms with E-state index < -0.39 is 0 Å². The summed E-state index contributed by atoms with van der Waals surface area (Å²) >= 11 is 7.74. The van der Waals surface area contributed by atoms with Crippen molar-refractivity contribution in [3.05, 3.63) is 53.1 Å². The number of hydrogen-bond donors (Lipinski definition) is 0. The van der Waals surface area contributed by atoms with E-state index in [-0.39, 0.29) is 5.91 Å². The number of aromatic nitrogens is 1. The molecule has 0 bridgehead atoms. The summed E-state index contributed by atoms with van der Waals surface area (Å²) in [6.45, 7) is 5.86. The van der Waals surface area contributed by atoms with Gasteiger partial charge in [-0.3, -0.25) is 4.79 Å². The van der Waals surface area contributed by atoms with Crippen molar-refractivity contribution < 1.29 is 9.53 Å². The van der Waals surface area contributed by atoms with Gasteiger partial charge in [-0.05, 0) is 48.9 Å². The third-order valence-corrected chi connectivity index (χ3v) is 6.86. The van der Waals surface area contributed by atoms with Crippen LogP contribution in [0.25, 0.3) is 10.2 Å². The Morgan fingerprint density at radius 3 is 2.58 bits per heavy atom. The minimum atomic E-state index is 0.0743. The Morgan fingerprint density at radius 2 is 1.84 bits per heavy atom. The average Bonchev–Trinajstić information content (AvgIpc) is 3.22. The Labute approximate surface area is 192 Å². The van der Waals surface area contributed by atoms with Crippen LogP contribution in [-0.2, 0) is 0 Å². The maximum Gasteiger partial charge on any atom is 0.253 e. The minimum Gasteiger partial charge on any atom is -0.494 e. The molecule has 1 aliphatic heterocycles. The molecule has 7 heteroatoms. The number of carbonyl (C=O) groups excluding carboxylic acids is 1. The van der Waals surface area contributed by atoms with Crippen molar-refractivity contribution in [2.45, 2.75) is 32.6 Å². The molecule has 2 heterocycles. The molecule has 2 aromatic carbocycles. The molecule has 0 aliphatic carbocycles. The molecule has 0 saturated carbocycles. The standard InChI is InChI=1S/C24H28ClN3O2S/c1-2-3-4-5-16-30-20-9-6-18(7-10-20)23(29)27-12-14-28(15-13-27)24-26-21-11-8-19(25)17-22(21)31-24/h6-11,17H,2-5,12-16H2,1H3. The van der Waals surface area contributed by atoms with Gasteiger partial charge < -0.3 is 14.5 Å². The van der Waals surface area contributed by atoms with Crippen molar-refractivity contribution in [3.63, 3.8) is 0 Å². The van der Waals surface area contributed by atoms with Gasteiger partial charge in [0, 0.05) is 36.8 Å². The Hall–Kier alpha value is -2.31. The second-order valence-corrected chi connectivity index (χ2v) is 9.27. The van der Waals surface area contributed by atoms with Gasteiger partial charge in [0.2, 0.25) is 0 Å². The van der Waals surface area contributed by atoms with E-state index in [1.54, 1.807) is 11.3 Å². The van der Waals surface area contributed by atoms with Gasteiger partial charge in [0.25, 0.3) is 5.91 Å². The molecular weight excluding hydrogens is 430 g/mol. The van der Waals surface area contributed by atoms with Crippen LogP contribution in [0.1, 0.15) is 43.0 Å². The molecule has 1 aromatic heterocycles. The highest BCUT2D eigenvalue weighted by molar-refractivity contribution is 7.22. The van der Waals surface area contributed by atoms with Gasteiger partial charge in [0.1, 0.15) is 5.75 Å². The third kappa shape index (κ3) is 5.49. The van der Waals surface area contributed by atoms with Crippen LogP contribution in [0.5, 0.6) is 5.75 Å². The van der Waals surface area contributed by atoms with Gasteiger partial charge in [0.15, 0.2) is 5.13 Å². The quantitative estimate of drug-likeness (QED) is 0.397. The summed E-state index contributed by atoms with van der Waals surface area (Å²) in [5.41, 5.74) is 1.68. The number of nitrogens with zero attached hydrogens (tertiary/aromatic N) is 3. The molecule has 1 amide bonds. The molecular formula is C24H28ClN3O2S. The molecule has 164 valence electrons. The predicted octanol–water partition coefficient (Wildman–Crippen LogP) is 5.87. The normalized spacial score (nSPS) is 14.3. The minimum absolute atomic E-state index is 0.0743. The molecule has 1 fully saturated rings. The van der Waals surface area contributed by atoms with Gasteiger partial charge in [-0.25, -0.2) is 4.98 Å². The molecule has 0 N–H and O–H groups in total. The lowest BCUT2D eigenvalue weighted by Gasteiger charge is -2.34. The van der Waals surface area contributed by atoms with Gasteiger partial charge in [-0.15, -0.1) is 0 Å². The topological polar surface area (TPSA) is 45.7 Å². The number of amides is 1. The second-order valence-electron chi connectivity index (χ2n) is 7.82. The fourth-order valence-corrected chi connectivity index (χ4v) is 5.01. The summed E-state index contributed by atoms with van der Waals surface area (Å²) in [7, 11) is 0. The van der Waals surface area contributed by atoms with Crippen molar-refractivity contribution in [1.82, 2.24) is 9.88 Å². The first-order chi connectivity index (χ1) is 15.1. The Kier molecular flexibility index (Phi) is 7.30. The van der Waals surface area contributed by atoms with Gasteiger partial charge in [-0.2, -0.15) is 0 Å². The van der Waals surface area contributed by atoms with Crippen LogP contribution >= 0.6 is 22.9 Å². The summed E-state index contributed by atoms with van der Waals surface area (Å²) < 4.78 is 6.87. The molecule has 1 saturated heterocycles. The maximum atomic E-state index is 12.9.